The number of carboxylic acid groups (broad SMARTS) is 1. The summed E-state index contributed by atoms with van der Waals surface area (Å²) in [6.45, 7) is 3.41. The number of nitrogens with zero attached hydrogens (tertiary/aromatic N) is 4. The van der Waals surface area contributed by atoms with Crippen molar-refractivity contribution in [2.24, 2.45) is 0 Å². The van der Waals surface area contributed by atoms with Crippen molar-refractivity contribution in [2.75, 3.05) is 6.54 Å². The molecule has 0 aliphatic rings. The zero-order chi connectivity index (χ0) is 18.2. The first kappa shape index (κ1) is 17.8. The second-order valence-corrected chi connectivity index (χ2v) is 6.23. The Balaban J connectivity index is 1.63. The average Bonchev–Trinajstić information content (AvgIpc) is 3.16. The minimum Gasteiger partial charge on any atom is -0.478 e. The molecule has 2 heterocycles. The van der Waals surface area contributed by atoms with Crippen LogP contribution in [0.15, 0.2) is 67.5 Å². The number of aromatic carboxylic acids is 1. The van der Waals surface area contributed by atoms with Crippen molar-refractivity contribution < 1.29 is 9.90 Å². The lowest BCUT2D eigenvalue weighted by molar-refractivity contribution is 0.0697. The van der Waals surface area contributed by atoms with Crippen LogP contribution in [-0.2, 0) is 19.6 Å². The summed E-state index contributed by atoms with van der Waals surface area (Å²) in [5, 5.41) is 9.03. The van der Waals surface area contributed by atoms with E-state index in [-0.39, 0.29) is 0 Å². The zero-order valence-electron chi connectivity index (χ0n) is 14.5. The normalized spacial score (nSPS) is 11.0. The van der Waals surface area contributed by atoms with Crippen molar-refractivity contribution in [1.29, 1.82) is 0 Å². The first-order valence-electron chi connectivity index (χ1n) is 8.60. The van der Waals surface area contributed by atoms with E-state index < -0.39 is 5.97 Å². The molecule has 0 saturated heterocycles. The maximum atomic E-state index is 11.0. The Labute approximate surface area is 152 Å². The molecule has 0 aliphatic heterocycles. The fourth-order valence-electron chi connectivity index (χ4n) is 2.87. The smallest absolute Gasteiger partial charge is 0.335 e. The van der Waals surface area contributed by atoms with E-state index in [0.29, 0.717) is 5.56 Å². The number of rotatable bonds is 9. The molecule has 3 aromatic rings. The van der Waals surface area contributed by atoms with E-state index >= 15 is 0 Å². The summed E-state index contributed by atoms with van der Waals surface area (Å²) in [6.07, 6.45) is 10.3. The molecule has 1 aromatic carbocycles. The van der Waals surface area contributed by atoms with E-state index in [1.165, 1.54) is 0 Å². The summed E-state index contributed by atoms with van der Waals surface area (Å²) in [6, 6.07) is 11.1. The van der Waals surface area contributed by atoms with Crippen LogP contribution in [0.4, 0.5) is 0 Å². The molecule has 2 aromatic heterocycles. The molecular formula is C20H22N4O2. The van der Waals surface area contributed by atoms with Crippen LogP contribution in [0, 0.1) is 0 Å². The van der Waals surface area contributed by atoms with E-state index in [9.17, 15) is 4.79 Å². The number of imidazole rings is 1. The van der Waals surface area contributed by atoms with Gasteiger partial charge in [0.25, 0.3) is 0 Å². The third-order valence-electron chi connectivity index (χ3n) is 4.19. The Hall–Kier alpha value is -2.99. The SMILES string of the molecule is O=C(O)c1ccc(CN(CCCn2ccnc2)Cc2cccnc2)cc1. The van der Waals surface area contributed by atoms with Crippen LogP contribution < -0.4 is 0 Å². The highest BCUT2D eigenvalue weighted by molar-refractivity contribution is 5.87. The van der Waals surface area contributed by atoms with Crippen LogP contribution in [0.2, 0.25) is 0 Å². The Morgan fingerprint density at radius 2 is 1.85 bits per heavy atom. The molecule has 26 heavy (non-hydrogen) atoms. The first-order valence-corrected chi connectivity index (χ1v) is 8.60. The van der Waals surface area contributed by atoms with Gasteiger partial charge in [-0.15, -0.1) is 0 Å². The summed E-state index contributed by atoms with van der Waals surface area (Å²) < 4.78 is 2.07. The highest BCUT2D eigenvalue weighted by Gasteiger charge is 2.09. The number of carboxylic acids is 1. The molecule has 6 heteroatoms. The summed E-state index contributed by atoms with van der Waals surface area (Å²) in [5.74, 6) is -0.899. The van der Waals surface area contributed by atoms with Crippen LogP contribution in [0.25, 0.3) is 0 Å². The second kappa shape index (κ2) is 8.92. The molecule has 0 spiro atoms. The lowest BCUT2D eigenvalue weighted by Gasteiger charge is -2.22. The minimum absolute atomic E-state index is 0.313. The number of aryl methyl sites for hydroxylation is 1. The molecule has 0 fully saturated rings. The highest BCUT2D eigenvalue weighted by atomic mass is 16.4. The molecule has 0 saturated carbocycles. The third kappa shape index (κ3) is 5.26. The third-order valence-corrected chi connectivity index (χ3v) is 4.19. The van der Waals surface area contributed by atoms with Gasteiger partial charge >= 0.3 is 5.97 Å². The molecule has 0 atom stereocenters. The zero-order valence-corrected chi connectivity index (χ0v) is 14.5. The first-order chi connectivity index (χ1) is 12.7. The predicted molar refractivity (Wildman–Crippen MR) is 98.6 cm³/mol. The standard InChI is InChI=1S/C20H22N4O2/c25-20(26)19-6-4-17(5-7-19)14-24(15-18-3-1-8-21-13-18)11-2-10-23-12-9-22-16-23/h1,3-9,12-13,16H,2,10-11,14-15H2,(H,25,26). The van der Waals surface area contributed by atoms with Gasteiger partial charge in [-0.3, -0.25) is 9.88 Å². The predicted octanol–water partition coefficient (Wildman–Crippen LogP) is 3.07. The number of aromatic nitrogens is 3. The molecule has 6 nitrogen and oxygen atoms in total. The van der Waals surface area contributed by atoms with Gasteiger partial charge in [-0.05, 0) is 35.7 Å². The molecule has 0 bridgehead atoms. The van der Waals surface area contributed by atoms with E-state index in [0.717, 1.165) is 43.7 Å². The summed E-state index contributed by atoms with van der Waals surface area (Å²) in [4.78, 5) is 21.6. The van der Waals surface area contributed by atoms with E-state index in [4.69, 9.17) is 5.11 Å². The fraction of sp³-hybridized carbons (Fsp3) is 0.250. The lowest BCUT2D eigenvalue weighted by atomic mass is 10.1. The monoisotopic (exact) mass is 350 g/mol. The van der Waals surface area contributed by atoms with Gasteiger partial charge in [0.1, 0.15) is 0 Å². The summed E-state index contributed by atoms with van der Waals surface area (Å²) in [7, 11) is 0. The second-order valence-electron chi connectivity index (χ2n) is 6.23. The van der Waals surface area contributed by atoms with E-state index in [1.807, 2.05) is 36.9 Å². The number of pyridine rings is 1. The molecule has 3 rings (SSSR count). The van der Waals surface area contributed by atoms with Gasteiger partial charge in [0.15, 0.2) is 0 Å². The van der Waals surface area contributed by atoms with Gasteiger partial charge in [0, 0.05) is 51.0 Å². The Kier molecular flexibility index (Phi) is 6.11. The minimum atomic E-state index is -0.899. The molecule has 134 valence electrons. The maximum Gasteiger partial charge on any atom is 0.335 e. The number of hydrogen-bond acceptors (Lipinski definition) is 4. The van der Waals surface area contributed by atoms with Crippen LogP contribution in [0.3, 0.4) is 0 Å². The van der Waals surface area contributed by atoms with Gasteiger partial charge in [-0.2, -0.15) is 0 Å². The van der Waals surface area contributed by atoms with Crippen molar-refractivity contribution in [3.05, 3.63) is 84.2 Å². The number of hydrogen-bond donors (Lipinski definition) is 1. The van der Waals surface area contributed by atoms with Crippen LogP contribution in [0.1, 0.15) is 27.9 Å². The van der Waals surface area contributed by atoms with Gasteiger partial charge in [0.05, 0.1) is 11.9 Å². The number of carbonyl (C=O) groups is 1. The summed E-state index contributed by atoms with van der Waals surface area (Å²) >= 11 is 0. The van der Waals surface area contributed by atoms with Gasteiger partial charge in [-0.25, -0.2) is 9.78 Å². The molecule has 0 amide bonds. The lowest BCUT2D eigenvalue weighted by Crippen LogP contribution is -2.25. The van der Waals surface area contributed by atoms with Crippen LogP contribution in [0.5, 0.6) is 0 Å². The van der Waals surface area contributed by atoms with Gasteiger partial charge in [-0.1, -0.05) is 18.2 Å². The molecule has 0 radical (unpaired) electrons. The van der Waals surface area contributed by atoms with E-state index in [2.05, 4.69) is 25.5 Å². The molecular weight excluding hydrogens is 328 g/mol. The molecule has 1 N–H and O–H groups in total. The van der Waals surface area contributed by atoms with Gasteiger partial charge in [0.2, 0.25) is 0 Å². The molecule has 0 aliphatic carbocycles. The summed E-state index contributed by atoms with van der Waals surface area (Å²) in [5.41, 5.74) is 2.58. The van der Waals surface area contributed by atoms with Crippen LogP contribution >= 0.6 is 0 Å². The topological polar surface area (TPSA) is 71.2 Å². The van der Waals surface area contributed by atoms with Crippen LogP contribution in [-0.4, -0.2) is 37.1 Å². The molecule has 0 unspecified atom stereocenters. The maximum absolute atomic E-state index is 11.0. The van der Waals surface area contributed by atoms with E-state index in [1.54, 1.807) is 24.5 Å². The highest BCUT2D eigenvalue weighted by Crippen LogP contribution is 2.12. The Bertz CT molecular complexity index is 802. The van der Waals surface area contributed by atoms with Crippen molar-refractivity contribution in [3.8, 4) is 0 Å². The Morgan fingerprint density at radius 3 is 2.50 bits per heavy atom. The van der Waals surface area contributed by atoms with Crippen molar-refractivity contribution in [2.45, 2.75) is 26.1 Å². The average molecular weight is 350 g/mol. The quantitative estimate of drug-likeness (QED) is 0.642. The Morgan fingerprint density at radius 1 is 1.04 bits per heavy atom. The van der Waals surface area contributed by atoms with Crippen molar-refractivity contribution >= 4 is 5.97 Å². The fourth-order valence-corrected chi connectivity index (χ4v) is 2.87. The number of benzene rings is 1. The van der Waals surface area contributed by atoms with Gasteiger partial charge < -0.3 is 9.67 Å². The largest absolute Gasteiger partial charge is 0.478 e. The van der Waals surface area contributed by atoms with Crippen molar-refractivity contribution in [1.82, 2.24) is 19.4 Å². The van der Waals surface area contributed by atoms with Crippen molar-refractivity contribution in [3.63, 3.8) is 0 Å².